The van der Waals surface area contributed by atoms with Gasteiger partial charge in [0, 0.05) is 32.2 Å². The van der Waals surface area contributed by atoms with E-state index in [1.54, 1.807) is 7.11 Å². The molecule has 1 aromatic carbocycles. The number of phenols is 1. The molecular weight excluding hydrogens is 344 g/mol. The maximum Gasteiger partial charge on any atom is 0.172 e. The summed E-state index contributed by atoms with van der Waals surface area (Å²) in [6, 6.07) is 4.41. The number of benzene rings is 1. The van der Waals surface area contributed by atoms with Crippen LogP contribution < -0.4 is 10.1 Å². The highest BCUT2D eigenvalue weighted by Gasteiger charge is 2.23. The monoisotopic (exact) mass is 370 g/mol. The molecule has 4 nitrogen and oxygen atoms in total. The molecule has 1 saturated heterocycles. The van der Waals surface area contributed by atoms with Gasteiger partial charge in [-0.05, 0) is 40.0 Å². The predicted molar refractivity (Wildman–Crippen MR) is 93.7 cm³/mol. The maximum atomic E-state index is 10.0. The summed E-state index contributed by atoms with van der Waals surface area (Å²) in [5.74, 6) is 0.721. The van der Waals surface area contributed by atoms with Crippen molar-refractivity contribution in [1.29, 1.82) is 0 Å². The van der Waals surface area contributed by atoms with E-state index >= 15 is 0 Å². The predicted octanol–water partition coefficient (Wildman–Crippen LogP) is 3.69. The van der Waals surface area contributed by atoms with E-state index in [1.165, 1.54) is 24.8 Å². The molecule has 2 N–H and O–H groups in total. The number of rotatable bonds is 7. The van der Waals surface area contributed by atoms with Crippen molar-refractivity contribution in [2.45, 2.75) is 38.6 Å². The summed E-state index contributed by atoms with van der Waals surface area (Å²) in [4.78, 5) is 2.55. The summed E-state index contributed by atoms with van der Waals surface area (Å²) in [7, 11) is 1.60. The first-order valence-corrected chi connectivity index (χ1v) is 8.97. The van der Waals surface area contributed by atoms with E-state index in [-0.39, 0.29) is 5.75 Å². The molecule has 5 heteroatoms. The number of aromatic hydroxyl groups is 1. The lowest BCUT2D eigenvalue weighted by atomic mass is 9.97. The number of piperazine rings is 1. The number of hydrogen-bond donors (Lipinski definition) is 2. The lowest BCUT2D eigenvalue weighted by Gasteiger charge is -2.35. The van der Waals surface area contributed by atoms with Gasteiger partial charge in [-0.3, -0.25) is 4.90 Å². The van der Waals surface area contributed by atoms with Crippen LogP contribution in [0.25, 0.3) is 0 Å². The highest BCUT2D eigenvalue weighted by Crippen LogP contribution is 2.39. The van der Waals surface area contributed by atoms with Crippen LogP contribution in [0.15, 0.2) is 16.6 Å². The van der Waals surface area contributed by atoms with Crippen molar-refractivity contribution in [2.24, 2.45) is 0 Å². The fourth-order valence-corrected chi connectivity index (χ4v) is 3.54. The quantitative estimate of drug-likeness (QED) is 0.718. The van der Waals surface area contributed by atoms with E-state index in [2.05, 4.69) is 33.1 Å². The molecule has 1 aromatic rings. The number of hydrogen-bond acceptors (Lipinski definition) is 4. The number of methoxy groups -OCH3 is 1. The van der Waals surface area contributed by atoms with Gasteiger partial charge in [0.2, 0.25) is 0 Å². The standard InChI is InChI=1S/C17H27BrN2O2/c1-3-4-5-6-15(20-9-7-19-8-10-20)13-11-14(18)17(21)16(12-13)22-2/h11-12,15,19,21H,3-10H2,1-2H3/t15-/m1/s1. The Bertz CT molecular complexity index is 476. The van der Waals surface area contributed by atoms with Gasteiger partial charge in [0.25, 0.3) is 0 Å². The van der Waals surface area contributed by atoms with Gasteiger partial charge in [-0.2, -0.15) is 0 Å². The Morgan fingerprint density at radius 2 is 2.05 bits per heavy atom. The van der Waals surface area contributed by atoms with Gasteiger partial charge < -0.3 is 15.2 Å². The second-order valence-corrected chi connectivity index (χ2v) is 6.71. The Morgan fingerprint density at radius 3 is 2.68 bits per heavy atom. The first-order valence-electron chi connectivity index (χ1n) is 8.18. The number of halogens is 1. The summed E-state index contributed by atoms with van der Waals surface area (Å²) in [5, 5.41) is 13.4. The van der Waals surface area contributed by atoms with E-state index < -0.39 is 0 Å². The molecule has 2 rings (SSSR count). The minimum absolute atomic E-state index is 0.180. The van der Waals surface area contributed by atoms with Crippen molar-refractivity contribution in [3.8, 4) is 11.5 Å². The van der Waals surface area contributed by atoms with Crippen molar-refractivity contribution in [1.82, 2.24) is 10.2 Å². The highest BCUT2D eigenvalue weighted by molar-refractivity contribution is 9.10. The lowest BCUT2D eigenvalue weighted by Crippen LogP contribution is -2.45. The summed E-state index contributed by atoms with van der Waals surface area (Å²) in [6.07, 6.45) is 4.87. The van der Waals surface area contributed by atoms with E-state index in [1.807, 2.05) is 12.1 Å². The van der Waals surface area contributed by atoms with E-state index in [9.17, 15) is 5.11 Å². The third kappa shape index (κ3) is 4.37. The van der Waals surface area contributed by atoms with Crippen molar-refractivity contribution < 1.29 is 9.84 Å². The largest absolute Gasteiger partial charge is 0.503 e. The van der Waals surface area contributed by atoms with Gasteiger partial charge >= 0.3 is 0 Å². The zero-order chi connectivity index (χ0) is 15.9. The Morgan fingerprint density at radius 1 is 1.32 bits per heavy atom. The molecule has 1 fully saturated rings. The topological polar surface area (TPSA) is 44.7 Å². The molecule has 0 unspecified atom stereocenters. The van der Waals surface area contributed by atoms with E-state index in [4.69, 9.17) is 4.74 Å². The Labute approximate surface area is 142 Å². The molecule has 1 aliphatic rings. The third-order valence-corrected chi connectivity index (χ3v) is 4.93. The summed E-state index contributed by atoms with van der Waals surface area (Å²) >= 11 is 3.45. The number of nitrogens with zero attached hydrogens (tertiary/aromatic N) is 1. The molecule has 0 spiro atoms. The van der Waals surface area contributed by atoms with E-state index in [0.717, 1.165) is 32.6 Å². The van der Waals surface area contributed by atoms with Crippen LogP contribution in [0.2, 0.25) is 0 Å². The molecule has 0 saturated carbocycles. The molecule has 0 amide bonds. The first-order chi connectivity index (χ1) is 10.7. The van der Waals surface area contributed by atoms with Gasteiger partial charge in [-0.25, -0.2) is 0 Å². The fourth-order valence-electron chi connectivity index (χ4n) is 3.08. The van der Waals surface area contributed by atoms with Crippen molar-refractivity contribution in [3.63, 3.8) is 0 Å². The van der Waals surface area contributed by atoms with Crippen LogP contribution in [-0.2, 0) is 0 Å². The molecule has 1 aliphatic heterocycles. The van der Waals surface area contributed by atoms with Crippen LogP contribution in [0.4, 0.5) is 0 Å². The lowest BCUT2D eigenvalue weighted by molar-refractivity contribution is 0.162. The molecule has 124 valence electrons. The summed E-state index contributed by atoms with van der Waals surface area (Å²) < 4.78 is 6.02. The second-order valence-electron chi connectivity index (χ2n) is 5.85. The molecule has 0 aromatic heterocycles. The van der Waals surface area contributed by atoms with Gasteiger partial charge in [-0.15, -0.1) is 0 Å². The molecule has 0 aliphatic carbocycles. The molecular formula is C17H27BrN2O2. The number of ether oxygens (including phenoxy) is 1. The van der Waals surface area contributed by atoms with Crippen LogP contribution in [0.3, 0.4) is 0 Å². The van der Waals surface area contributed by atoms with Crippen LogP contribution >= 0.6 is 15.9 Å². The molecule has 0 radical (unpaired) electrons. The average Bonchev–Trinajstić information content (AvgIpc) is 2.55. The Kier molecular flexibility index (Phi) is 6.99. The minimum atomic E-state index is 0.180. The summed E-state index contributed by atoms with van der Waals surface area (Å²) in [6.45, 7) is 6.45. The molecule has 1 heterocycles. The van der Waals surface area contributed by atoms with Crippen molar-refractivity contribution in [2.75, 3.05) is 33.3 Å². The van der Waals surface area contributed by atoms with Crippen molar-refractivity contribution in [3.05, 3.63) is 22.2 Å². The molecule has 0 bridgehead atoms. The molecule has 22 heavy (non-hydrogen) atoms. The van der Waals surface area contributed by atoms with Crippen molar-refractivity contribution >= 4 is 15.9 Å². The normalized spacial score (nSPS) is 17.4. The highest BCUT2D eigenvalue weighted by atomic mass is 79.9. The Balaban J connectivity index is 2.24. The second kappa shape index (κ2) is 8.75. The van der Waals surface area contributed by atoms with Crippen LogP contribution in [0, 0.1) is 0 Å². The summed E-state index contributed by atoms with van der Waals surface area (Å²) in [5.41, 5.74) is 1.22. The average molecular weight is 371 g/mol. The van der Waals surface area contributed by atoms with E-state index in [0.29, 0.717) is 16.3 Å². The minimum Gasteiger partial charge on any atom is -0.503 e. The smallest absolute Gasteiger partial charge is 0.172 e. The first kappa shape index (κ1) is 17.6. The van der Waals surface area contributed by atoms with Crippen LogP contribution in [0.1, 0.15) is 44.2 Å². The molecule has 1 atom stereocenters. The fraction of sp³-hybridized carbons (Fsp3) is 0.647. The SMILES string of the molecule is CCCCC[C@H](c1cc(Br)c(O)c(OC)c1)N1CCNCC1. The Hall–Kier alpha value is -0.780. The zero-order valence-electron chi connectivity index (χ0n) is 13.6. The zero-order valence-corrected chi connectivity index (χ0v) is 15.2. The van der Waals surface area contributed by atoms with Gasteiger partial charge in [0.05, 0.1) is 11.6 Å². The number of unbranched alkanes of at least 4 members (excludes halogenated alkanes) is 2. The van der Waals surface area contributed by atoms with Crippen LogP contribution in [-0.4, -0.2) is 43.3 Å². The van der Waals surface area contributed by atoms with Gasteiger partial charge in [0.15, 0.2) is 11.5 Å². The maximum absolute atomic E-state index is 10.0. The third-order valence-electron chi connectivity index (χ3n) is 4.33. The van der Waals surface area contributed by atoms with Gasteiger partial charge in [-0.1, -0.05) is 26.2 Å². The number of phenolic OH excluding ortho intramolecular Hbond substituents is 1. The van der Waals surface area contributed by atoms with Gasteiger partial charge in [0.1, 0.15) is 0 Å². The van der Waals surface area contributed by atoms with Crippen LogP contribution in [0.5, 0.6) is 11.5 Å². The number of nitrogens with one attached hydrogen (secondary N) is 1.